The Bertz CT molecular complexity index is 1060. The number of piperidine rings is 1. The minimum absolute atomic E-state index is 0.0316. The van der Waals surface area contributed by atoms with Gasteiger partial charge in [-0.15, -0.1) is 0 Å². The van der Waals surface area contributed by atoms with Gasteiger partial charge in [0.1, 0.15) is 18.5 Å². The summed E-state index contributed by atoms with van der Waals surface area (Å²) in [6.07, 6.45) is 2.41. The molecule has 2 fully saturated rings. The Morgan fingerprint density at radius 1 is 0.941 bits per heavy atom. The van der Waals surface area contributed by atoms with E-state index in [-0.39, 0.29) is 29.6 Å². The third-order valence-electron chi connectivity index (χ3n) is 7.06. The number of hydrogen-bond donors (Lipinski definition) is 0. The average Bonchev–Trinajstić information content (AvgIpc) is 3.28. The molecule has 2 aliphatic heterocycles. The molecule has 0 aromatic heterocycles. The maximum Gasteiger partial charge on any atom is 0.253 e. The Kier molecular flexibility index (Phi) is 6.63. The lowest BCUT2D eigenvalue weighted by molar-refractivity contribution is -0.145. The third kappa shape index (κ3) is 4.71. The van der Waals surface area contributed by atoms with Crippen molar-refractivity contribution in [3.8, 4) is 5.75 Å². The molecule has 34 heavy (non-hydrogen) atoms. The molecule has 0 spiro atoms. The molecule has 2 heterocycles. The van der Waals surface area contributed by atoms with E-state index in [9.17, 15) is 14.4 Å². The lowest BCUT2D eigenvalue weighted by Gasteiger charge is -2.37. The van der Waals surface area contributed by atoms with Gasteiger partial charge < -0.3 is 19.3 Å². The van der Waals surface area contributed by atoms with E-state index in [1.807, 2.05) is 58.3 Å². The predicted molar refractivity (Wildman–Crippen MR) is 126 cm³/mol. The zero-order chi connectivity index (χ0) is 23.5. The molecule has 178 valence electrons. The van der Waals surface area contributed by atoms with Crippen molar-refractivity contribution in [2.24, 2.45) is 5.92 Å². The molecule has 1 aliphatic carbocycles. The van der Waals surface area contributed by atoms with Crippen LogP contribution in [0.4, 0.5) is 0 Å². The molecule has 2 saturated heterocycles. The quantitative estimate of drug-likeness (QED) is 0.683. The highest BCUT2D eigenvalue weighted by atomic mass is 16.5. The van der Waals surface area contributed by atoms with Crippen molar-refractivity contribution in [1.82, 2.24) is 9.80 Å². The summed E-state index contributed by atoms with van der Waals surface area (Å²) in [7, 11) is 0. The number of likely N-dealkylation sites (tertiary alicyclic amines) is 1. The number of amides is 2. The van der Waals surface area contributed by atoms with Crippen LogP contribution < -0.4 is 4.74 Å². The monoisotopic (exact) mass is 462 g/mol. The van der Waals surface area contributed by atoms with Crippen LogP contribution in [0.2, 0.25) is 0 Å². The van der Waals surface area contributed by atoms with E-state index in [0.29, 0.717) is 70.6 Å². The van der Waals surface area contributed by atoms with Crippen LogP contribution >= 0.6 is 0 Å². The van der Waals surface area contributed by atoms with Gasteiger partial charge in [-0.1, -0.05) is 30.3 Å². The van der Waals surface area contributed by atoms with Gasteiger partial charge in [0.25, 0.3) is 5.91 Å². The number of Topliss-reactive ketones (excluding diaryl/α,β-unsaturated/α-hetero) is 1. The van der Waals surface area contributed by atoms with Crippen LogP contribution in [0.1, 0.15) is 45.5 Å². The van der Waals surface area contributed by atoms with Gasteiger partial charge in [-0.25, -0.2) is 0 Å². The number of ether oxygens (including phenoxy) is 2. The second kappa shape index (κ2) is 9.97. The second-order valence-corrected chi connectivity index (χ2v) is 9.23. The highest BCUT2D eigenvalue weighted by Crippen LogP contribution is 2.31. The molecule has 1 unspecified atom stereocenters. The summed E-state index contributed by atoms with van der Waals surface area (Å²) in [6.45, 7) is 3.09. The minimum Gasteiger partial charge on any atom is -0.491 e. The fraction of sp³-hybridized carbons (Fsp3) is 0.444. The fourth-order valence-electron chi connectivity index (χ4n) is 5.15. The molecule has 2 aromatic rings. The summed E-state index contributed by atoms with van der Waals surface area (Å²) in [5.74, 6) is 1.02. The second-order valence-electron chi connectivity index (χ2n) is 9.23. The van der Waals surface area contributed by atoms with Gasteiger partial charge in [0.05, 0.1) is 13.2 Å². The van der Waals surface area contributed by atoms with E-state index in [1.54, 1.807) is 0 Å². The van der Waals surface area contributed by atoms with Crippen LogP contribution in [-0.4, -0.2) is 72.9 Å². The van der Waals surface area contributed by atoms with E-state index < -0.39 is 0 Å². The summed E-state index contributed by atoms with van der Waals surface area (Å²) < 4.78 is 11.9. The van der Waals surface area contributed by atoms with E-state index in [0.717, 1.165) is 16.9 Å². The van der Waals surface area contributed by atoms with Crippen molar-refractivity contribution >= 4 is 17.6 Å². The van der Waals surface area contributed by atoms with Crippen molar-refractivity contribution in [2.45, 2.75) is 31.8 Å². The summed E-state index contributed by atoms with van der Waals surface area (Å²) in [5.41, 5.74) is 2.43. The van der Waals surface area contributed by atoms with Crippen molar-refractivity contribution in [3.05, 3.63) is 65.2 Å². The van der Waals surface area contributed by atoms with E-state index in [4.69, 9.17) is 9.47 Å². The first-order valence-corrected chi connectivity index (χ1v) is 12.1. The van der Waals surface area contributed by atoms with Crippen LogP contribution in [0.3, 0.4) is 0 Å². The van der Waals surface area contributed by atoms with Crippen LogP contribution in [0.25, 0.3) is 0 Å². The van der Waals surface area contributed by atoms with Crippen LogP contribution in [0, 0.1) is 5.92 Å². The Morgan fingerprint density at radius 3 is 2.53 bits per heavy atom. The van der Waals surface area contributed by atoms with E-state index in [2.05, 4.69) is 0 Å². The maximum absolute atomic E-state index is 13.2. The first-order valence-electron chi connectivity index (χ1n) is 12.1. The molecule has 0 radical (unpaired) electrons. The number of rotatable bonds is 5. The minimum atomic E-state index is -0.203. The molecule has 0 N–H and O–H groups in total. The normalized spacial score (nSPS) is 20.8. The number of ketones is 1. The molecule has 3 aliphatic rings. The van der Waals surface area contributed by atoms with Crippen molar-refractivity contribution in [1.29, 1.82) is 0 Å². The number of hydrogen-bond acceptors (Lipinski definition) is 5. The zero-order valence-corrected chi connectivity index (χ0v) is 19.3. The van der Waals surface area contributed by atoms with Gasteiger partial charge in [0, 0.05) is 48.7 Å². The summed E-state index contributed by atoms with van der Waals surface area (Å²) in [4.78, 5) is 41.6. The average molecular weight is 463 g/mol. The Morgan fingerprint density at radius 2 is 1.74 bits per heavy atom. The number of carbonyl (C=O) groups is 3. The van der Waals surface area contributed by atoms with Crippen molar-refractivity contribution in [3.63, 3.8) is 0 Å². The highest BCUT2D eigenvalue weighted by Gasteiger charge is 2.33. The molecular weight excluding hydrogens is 432 g/mol. The van der Waals surface area contributed by atoms with Crippen LogP contribution in [-0.2, 0) is 16.0 Å². The van der Waals surface area contributed by atoms with Gasteiger partial charge in [0.2, 0.25) is 5.91 Å². The van der Waals surface area contributed by atoms with Gasteiger partial charge in [0.15, 0.2) is 5.78 Å². The van der Waals surface area contributed by atoms with Crippen LogP contribution in [0.5, 0.6) is 5.75 Å². The van der Waals surface area contributed by atoms with Gasteiger partial charge in [-0.05, 0) is 37.5 Å². The molecule has 0 bridgehead atoms. The SMILES string of the molecule is O=C1CCc2c(OCC3CN(C(=O)C4CCN(C(=O)c5ccccc5)CC4)CCO3)cccc21. The highest BCUT2D eigenvalue weighted by molar-refractivity contribution is 6.01. The molecule has 0 saturated carbocycles. The summed E-state index contributed by atoms with van der Waals surface area (Å²) in [5, 5.41) is 0. The number of nitrogens with zero attached hydrogens (tertiary/aromatic N) is 2. The smallest absolute Gasteiger partial charge is 0.253 e. The predicted octanol–water partition coefficient (Wildman–Crippen LogP) is 2.97. The standard InChI is InChI=1S/C27H30N2O5/c30-24-10-9-23-22(24)7-4-8-25(23)34-18-21-17-29(15-16-33-21)27(32)20-11-13-28(14-12-20)26(31)19-5-2-1-3-6-19/h1-8,20-21H,9-18H2. The largest absolute Gasteiger partial charge is 0.491 e. The summed E-state index contributed by atoms with van der Waals surface area (Å²) >= 11 is 0. The third-order valence-corrected chi connectivity index (χ3v) is 7.06. The fourth-order valence-corrected chi connectivity index (χ4v) is 5.15. The lowest BCUT2D eigenvalue weighted by atomic mass is 9.94. The number of benzene rings is 2. The van der Waals surface area contributed by atoms with E-state index >= 15 is 0 Å². The Balaban J connectivity index is 1.12. The van der Waals surface area contributed by atoms with Crippen molar-refractivity contribution < 1.29 is 23.9 Å². The van der Waals surface area contributed by atoms with Gasteiger partial charge >= 0.3 is 0 Å². The molecule has 5 rings (SSSR count). The first kappa shape index (κ1) is 22.6. The number of fused-ring (bicyclic) bond motifs is 1. The first-order chi connectivity index (χ1) is 16.6. The Hall–Kier alpha value is -3.19. The Labute approximate surface area is 199 Å². The van der Waals surface area contributed by atoms with Gasteiger partial charge in [-0.3, -0.25) is 14.4 Å². The molecule has 2 amide bonds. The van der Waals surface area contributed by atoms with Gasteiger partial charge in [-0.2, -0.15) is 0 Å². The molecule has 7 nitrogen and oxygen atoms in total. The molecular formula is C27H30N2O5. The molecule has 2 aromatic carbocycles. The maximum atomic E-state index is 13.2. The summed E-state index contributed by atoms with van der Waals surface area (Å²) in [6, 6.07) is 14.9. The lowest BCUT2D eigenvalue weighted by Crippen LogP contribution is -2.51. The van der Waals surface area contributed by atoms with E-state index in [1.165, 1.54) is 0 Å². The number of carbonyl (C=O) groups excluding carboxylic acids is 3. The van der Waals surface area contributed by atoms with Crippen molar-refractivity contribution in [2.75, 3.05) is 39.4 Å². The zero-order valence-electron chi connectivity index (χ0n) is 19.3. The topological polar surface area (TPSA) is 76.2 Å². The van der Waals surface area contributed by atoms with Crippen LogP contribution in [0.15, 0.2) is 48.5 Å². The molecule has 1 atom stereocenters. The molecule has 7 heteroatoms. The number of morpholine rings is 1.